The van der Waals surface area contributed by atoms with E-state index in [4.69, 9.17) is 18.9 Å². The SMILES string of the molecule is Cc1ccc(C(CNc2cc(C(=O)N3CCOCC3)c3ccccc3n2)N2CCOCC2)o1. The van der Waals surface area contributed by atoms with Crippen LogP contribution < -0.4 is 5.32 Å². The van der Waals surface area contributed by atoms with Crippen LogP contribution >= 0.6 is 0 Å². The molecule has 0 spiro atoms. The first-order valence-corrected chi connectivity index (χ1v) is 11.6. The lowest BCUT2D eigenvalue weighted by Crippen LogP contribution is -2.41. The first-order chi connectivity index (χ1) is 16.2. The number of amides is 1. The Kier molecular flexibility index (Phi) is 6.57. The first kappa shape index (κ1) is 21.9. The van der Waals surface area contributed by atoms with Gasteiger partial charge in [0, 0.05) is 38.1 Å². The zero-order valence-corrected chi connectivity index (χ0v) is 19.0. The maximum absolute atomic E-state index is 13.4. The van der Waals surface area contributed by atoms with E-state index in [-0.39, 0.29) is 11.9 Å². The fourth-order valence-corrected chi connectivity index (χ4v) is 4.51. The minimum Gasteiger partial charge on any atom is -0.465 e. The van der Waals surface area contributed by atoms with Crippen molar-refractivity contribution in [3.8, 4) is 0 Å². The number of aromatic nitrogens is 1. The lowest BCUT2D eigenvalue weighted by atomic mass is 10.1. The van der Waals surface area contributed by atoms with Crippen LogP contribution in [0.1, 0.15) is 27.9 Å². The normalized spacial score (nSPS) is 18.4. The molecule has 174 valence electrons. The molecule has 3 aromatic rings. The minimum absolute atomic E-state index is 0.0198. The molecule has 1 N–H and O–H groups in total. The molecule has 1 amide bonds. The van der Waals surface area contributed by atoms with Crippen LogP contribution in [0.25, 0.3) is 10.9 Å². The van der Waals surface area contributed by atoms with Crippen molar-refractivity contribution < 1.29 is 18.7 Å². The molecule has 2 aromatic heterocycles. The summed E-state index contributed by atoms with van der Waals surface area (Å²) in [5.74, 6) is 2.52. The highest BCUT2D eigenvalue weighted by Gasteiger charge is 2.26. The molecule has 2 aliphatic heterocycles. The molecule has 2 fully saturated rings. The average molecular weight is 451 g/mol. The zero-order valence-electron chi connectivity index (χ0n) is 19.0. The Hall–Kier alpha value is -2.94. The van der Waals surface area contributed by atoms with Crippen molar-refractivity contribution in [1.82, 2.24) is 14.8 Å². The van der Waals surface area contributed by atoms with Gasteiger partial charge < -0.3 is 24.1 Å². The van der Waals surface area contributed by atoms with E-state index in [1.807, 2.05) is 54.3 Å². The maximum Gasteiger partial charge on any atom is 0.254 e. The van der Waals surface area contributed by atoms with Crippen LogP contribution in [0.5, 0.6) is 0 Å². The molecule has 4 heterocycles. The van der Waals surface area contributed by atoms with Gasteiger partial charge in [0.15, 0.2) is 0 Å². The number of rotatable bonds is 6. The number of carbonyl (C=O) groups is 1. The van der Waals surface area contributed by atoms with Gasteiger partial charge in [-0.05, 0) is 31.2 Å². The molecule has 33 heavy (non-hydrogen) atoms. The number of morpholine rings is 2. The van der Waals surface area contributed by atoms with Gasteiger partial charge >= 0.3 is 0 Å². The summed E-state index contributed by atoms with van der Waals surface area (Å²) in [6, 6.07) is 13.8. The summed E-state index contributed by atoms with van der Waals surface area (Å²) in [6.07, 6.45) is 0. The number of para-hydroxylation sites is 1. The number of hydrogen-bond donors (Lipinski definition) is 1. The van der Waals surface area contributed by atoms with Gasteiger partial charge in [-0.25, -0.2) is 4.98 Å². The fraction of sp³-hybridized carbons (Fsp3) is 0.440. The third-order valence-corrected chi connectivity index (χ3v) is 6.30. The molecule has 0 bridgehead atoms. The molecule has 0 saturated carbocycles. The number of nitrogens with one attached hydrogen (secondary N) is 1. The van der Waals surface area contributed by atoms with E-state index in [0.29, 0.717) is 57.4 Å². The molecule has 8 heteroatoms. The minimum atomic E-state index is 0.0198. The van der Waals surface area contributed by atoms with Crippen molar-refractivity contribution >= 4 is 22.6 Å². The molecule has 2 saturated heterocycles. The number of nitrogens with zero attached hydrogens (tertiary/aromatic N) is 3. The van der Waals surface area contributed by atoms with Crippen LogP contribution in [0.3, 0.4) is 0 Å². The maximum atomic E-state index is 13.4. The van der Waals surface area contributed by atoms with Crippen molar-refractivity contribution in [3.63, 3.8) is 0 Å². The van der Waals surface area contributed by atoms with Gasteiger partial charge in [0.25, 0.3) is 5.91 Å². The highest BCUT2D eigenvalue weighted by molar-refractivity contribution is 6.07. The lowest BCUT2D eigenvalue weighted by molar-refractivity contribution is 0.0143. The summed E-state index contributed by atoms with van der Waals surface area (Å²) < 4.78 is 17.0. The topological polar surface area (TPSA) is 80.1 Å². The van der Waals surface area contributed by atoms with E-state index in [1.54, 1.807) is 0 Å². The number of hydrogen-bond acceptors (Lipinski definition) is 7. The zero-order chi connectivity index (χ0) is 22.6. The summed E-state index contributed by atoms with van der Waals surface area (Å²) in [4.78, 5) is 22.4. The van der Waals surface area contributed by atoms with E-state index in [9.17, 15) is 4.79 Å². The summed E-state index contributed by atoms with van der Waals surface area (Å²) in [6.45, 7) is 8.05. The van der Waals surface area contributed by atoms with Crippen LogP contribution in [0, 0.1) is 6.92 Å². The third-order valence-electron chi connectivity index (χ3n) is 6.30. The average Bonchev–Trinajstić information content (AvgIpc) is 3.30. The van der Waals surface area contributed by atoms with E-state index in [1.165, 1.54) is 0 Å². The third kappa shape index (κ3) is 4.88. The van der Waals surface area contributed by atoms with Crippen LogP contribution in [-0.2, 0) is 9.47 Å². The number of carbonyl (C=O) groups excluding carboxylic acids is 1. The Bertz CT molecular complexity index is 1100. The summed E-state index contributed by atoms with van der Waals surface area (Å²) in [5, 5.41) is 4.36. The summed E-state index contributed by atoms with van der Waals surface area (Å²) in [5.41, 5.74) is 1.47. The Morgan fingerprint density at radius 3 is 2.48 bits per heavy atom. The monoisotopic (exact) mass is 450 g/mol. The number of anilines is 1. The van der Waals surface area contributed by atoms with E-state index >= 15 is 0 Å². The second kappa shape index (κ2) is 9.91. The van der Waals surface area contributed by atoms with Gasteiger partial charge in [-0.3, -0.25) is 9.69 Å². The second-order valence-corrected chi connectivity index (χ2v) is 8.47. The largest absolute Gasteiger partial charge is 0.465 e. The van der Waals surface area contributed by atoms with Gasteiger partial charge in [0.05, 0.1) is 43.5 Å². The van der Waals surface area contributed by atoms with Crippen LogP contribution in [0.15, 0.2) is 46.9 Å². The Morgan fingerprint density at radius 2 is 1.76 bits per heavy atom. The van der Waals surface area contributed by atoms with E-state index in [0.717, 1.165) is 35.5 Å². The Labute approximate surface area is 193 Å². The highest BCUT2D eigenvalue weighted by Crippen LogP contribution is 2.27. The smallest absolute Gasteiger partial charge is 0.254 e. The number of benzene rings is 1. The quantitative estimate of drug-likeness (QED) is 0.618. The van der Waals surface area contributed by atoms with Crippen molar-refractivity contribution in [2.75, 3.05) is 64.5 Å². The van der Waals surface area contributed by atoms with Crippen molar-refractivity contribution in [3.05, 3.63) is 59.5 Å². The van der Waals surface area contributed by atoms with Crippen LogP contribution in [-0.4, -0.2) is 79.8 Å². The Balaban J connectivity index is 1.42. The highest BCUT2D eigenvalue weighted by atomic mass is 16.5. The number of ether oxygens (including phenoxy) is 2. The molecule has 2 aliphatic rings. The van der Waals surface area contributed by atoms with Gasteiger partial charge in [0.2, 0.25) is 0 Å². The van der Waals surface area contributed by atoms with E-state index < -0.39 is 0 Å². The standard InChI is InChI=1S/C25H30N4O4/c1-18-6-7-23(33-18)22(28-8-12-31-13-9-28)17-26-24-16-20(19-4-2-3-5-21(19)27-24)25(30)29-10-14-32-15-11-29/h2-7,16,22H,8-15,17H2,1H3,(H,26,27). The summed E-state index contributed by atoms with van der Waals surface area (Å²) >= 11 is 0. The summed E-state index contributed by atoms with van der Waals surface area (Å²) in [7, 11) is 0. The number of fused-ring (bicyclic) bond motifs is 1. The predicted octanol–water partition coefficient (Wildman–Crippen LogP) is 3.09. The van der Waals surface area contributed by atoms with Gasteiger partial charge in [0.1, 0.15) is 17.3 Å². The molecule has 5 rings (SSSR count). The molecule has 1 unspecified atom stereocenters. The number of furan rings is 1. The molecule has 1 atom stereocenters. The van der Waals surface area contributed by atoms with Gasteiger partial charge in [-0.2, -0.15) is 0 Å². The lowest BCUT2D eigenvalue weighted by Gasteiger charge is -2.33. The van der Waals surface area contributed by atoms with Crippen molar-refractivity contribution in [1.29, 1.82) is 0 Å². The van der Waals surface area contributed by atoms with Crippen LogP contribution in [0.2, 0.25) is 0 Å². The van der Waals surface area contributed by atoms with Crippen molar-refractivity contribution in [2.45, 2.75) is 13.0 Å². The molecule has 8 nitrogen and oxygen atoms in total. The first-order valence-electron chi connectivity index (χ1n) is 11.6. The number of pyridine rings is 1. The van der Waals surface area contributed by atoms with Gasteiger partial charge in [-0.15, -0.1) is 0 Å². The molecule has 0 radical (unpaired) electrons. The molecule has 1 aromatic carbocycles. The van der Waals surface area contributed by atoms with Gasteiger partial charge in [-0.1, -0.05) is 18.2 Å². The van der Waals surface area contributed by atoms with Crippen molar-refractivity contribution in [2.24, 2.45) is 0 Å². The predicted molar refractivity (Wildman–Crippen MR) is 126 cm³/mol. The van der Waals surface area contributed by atoms with E-state index in [2.05, 4.69) is 10.2 Å². The molecular formula is C25H30N4O4. The van der Waals surface area contributed by atoms with Crippen LogP contribution in [0.4, 0.5) is 5.82 Å². The second-order valence-electron chi connectivity index (χ2n) is 8.47. The fourth-order valence-electron chi connectivity index (χ4n) is 4.51. The molecular weight excluding hydrogens is 420 g/mol. The Morgan fingerprint density at radius 1 is 1.03 bits per heavy atom. The molecule has 0 aliphatic carbocycles. The number of aryl methyl sites for hydroxylation is 1.